The van der Waals surface area contributed by atoms with Crippen LogP contribution in [0.4, 0.5) is 21.0 Å². The Labute approximate surface area is 171 Å². The third kappa shape index (κ3) is 6.08. The van der Waals surface area contributed by atoms with Crippen LogP contribution in [0, 0.1) is 6.92 Å². The summed E-state index contributed by atoms with van der Waals surface area (Å²) < 4.78 is 0. The number of nitrogens with one attached hydrogen (secondary N) is 2. The minimum Gasteiger partial charge on any atom is -0.396 e. The van der Waals surface area contributed by atoms with Gasteiger partial charge in [-0.15, -0.1) is 0 Å². The smallest absolute Gasteiger partial charge is 0.322 e. The van der Waals surface area contributed by atoms with Gasteiger partial charge in [0.1, 0.15) is 0 Å². The fourth-order valence-electron chi connectivity index (χ4n) is 3.37. The summed E-state index contributed by atoms with van der Waals surface area (Å²) >= 11 is 0. The normalized spacial score (nSPS) is 15.7. The number of carbonyl (C=O) groups is 2. The van der Waals surface area contributed by atoms with Crippen LogP contribution in [-0.4, -0.2) is 70.5 Å². The van der Waals surface area contributed by atoms with Crippen LogP contribution in [0.1, 0.15) is 44.1 Å². The predicted molar refractivity (Wildman–Crippen MR) is 112 cm³/mol. The molecule has 1 aromatic carbocycles. The van der Waals surface area contributed by atoms with Crippen molar-refractivity contribution < 1.29 is 19.8 Å². The number of aliphatic hydroxyl groups is 2. The molecule has 0 atom stereocenters. The van der Waals surface area contributed by atoms with Gasteiger partial charge in [0.2, 0.25) is 0 Å². The van der Waals surface area contributed by atoms with Crippen LogP contribution in [-0.2, 0) is 0 Å². The molecular weight excluding hydrogens is 372 g/mol. The maximum absolute atomic E-state index is 12.7. The minimum absolute atomic E-state index is 0.0603. The lowest BCUT2D eigenvalue weighted by molar-refractivity contribution is 0.198. The number of hydrogen-bond donors (Lipinski definition) is 4. The Bertz CT molecular complexity index is 719. The Morgan fingerprint density at radius 3 is 1.93 bits per heavy atom. The molecule has 0 saturated heterocycles. The number of aliphatic hydroxyl groups excluding tert-OH is 2. The maximum Gasteiger partial charge on any atom is 0.322 e. The minimum atomic E-state index is -0.176. The van der Waals surface area contributed by atoms with Gasteiger partial charge in [0, 0.05) is 49.8 Å². The molecule has 0 unspecified atom stereocenters. The molecule has 4 N–H and O–H groups in total. The first kappa shape index (κ1) is 21.4. The Balaban J connectivity index is 1.64. The molecule has 8 heteroatoms. The second kappa shape index (κ2) is 9.93. The van der Waals surface area contributed by atoms with Crippen LogP contribution in [0.25, 0.3) is 0 Å². The zero-order valence-corrected chi connectivity index (χ0v) is 17.1. The van der Waals surface area contributed by atoms with Crippen molar-refractivity contribution in [1.29, 1.82) is 0 Å². The quantitative estimate of drug-likeness (QED) is 0.481. The molecule has 0 heterocycles. The molecule has 3 rings (SSSR count). The van der Waals surface area contributed by atoms with Gasteiger partial charge < -0.3 is 30.6 Å². The summed E-state index contributed by atoms with van der Waals surface area (Å²) in [5, 5.41) is 24.0. The summed E-state index contributed by atoms with van der Waals surface area (Å²) in [5.74, 6) is 0. The van der Waals surface area contributed by atoms with E-state index in [-0.39, 0.29) is 37.4 Å². The SMILES string of the molecule is Cc1ccc(NC(=O)N(CCCO)C2CC2)cc1NC(=O)N(CCCO)C1CC1. The van der Waals surface area contributed by atoms with Crippen LogP contribution in [0.5, 0.6) is 0 Å². The highest BCUT2D eigenvalue weighted by Gasteiger charge is 2.33. The van der Waals surface area contributed by atoms with E-state index in [9.17, 15) is 9.59 Å². The standard InChI is InChI=1S/C21H32N4O4/c1-15-4-5-16(22-20(28)24(10-2-12-26)17-6-7-17)14-19(15)23-21(29)25(11-3-13-27)18-8-9-18/h4-5,14,17-18,26-27H,2-3,6-13H2,1H3,(H,22,28)(H,23,29). The van der Waals surface area contributed by atoms with Crippen molar-refractivity contribution in [1.82, 2.24) is 9.80 Å². The highest BCUT2D eigenvalue weighted by Crippen LogP contribution is 2.30. The first-order valence-electron chi connectivity index (χ1n) is 10.5. The van der Waals surface area contributed by atoms with Crippen molar-refractivity contribution in [2.45, 2.75) is 57.5 Å². The van der Waals surface area contributed by atoms with Gasteiger partial charge in [-0.05, 0) is 63.1 Å². The maximum atomic E-state index is 12.7. The second-order valence-electron chi connectivity index (χ2n) is 7.89. The van der Waals surface area contributed by atoms with E-state index in [1.165, 1.54) is 0 Å². The van der Waals surface area contributed by atoms with Gasteiger partial charge in [-0.1, -0.05) is 6.07 Å². The summed E-state index contributed by atoms with van der Waals surface area (Å²) in [4.78, 5) is 28.9. The fourth-order valence-corrected chi connectivity index (χ4v) is 3.37. The molecule has 0 aromatic heterocycles. The van der Waals surface area contributed by atoms with Crippen LogP contribution >= 0.6 is 0 Å². The largest absolute Gasteiger partial charge is 0.396 e. The third-order valence-corrected chi connectivity index (χ3v) is 5.34. The van der Waals surface area contributed by atoms with E-state index in [4.69, 9.17) is 10.2 Å². The van der Waals surface area contributed by atoms with Gasteiger partial charge in [0.25, 0.3) is 0 Å². The Kier molecular flexibility index (Phi) is 7.33. The summed E-state index contributed by atoms with van der Waals surface area (Å²) in [7, 11) is 0. The molecule has 2 saturated carbocycles. The van der Waals surface area contributed by atoms with E-state index < -0.39 is 0 Å². The van der Waals surface area contributed by atoms with Gasteiger partial charge in [0.05, 0.1) is 0 Å². The first-order chi connectivity index (χ1) is 14.0. The molecule has 160 valence electrons. The molecular formula is C21H32N4O4. The number of amides is 4. The van der Waals surface area contributed by atoms with E-state index in [1.807, 2.05) is 19.1 Å². The average molecular weight is 405 g/mol. The lowest BCUT2D eigenvalue weighted by atomic mass is 10.2. The summed E-state index contributed by atoms with van der Waals surface area (Å²) in [5.41, 5.74) is 2.20. The molecule has 1 aromatic rings. The van der Waals surface area contributed by atoms with Crippen LogP contribution in [0.3, 0.4) is 0 Å². The monoisotopic (exact) mass is 404 g/mol. The van der Waals surface area contributed by atoms with Crippen LogP contribution in [0.15, 0.2) is 18.2 Å². The molecule has 0 radical (unpaired) electrons. The Hall–Kier alpha value is -2.32. The number of carbonyl (C=O) groups excluding carboxylic acids is 2. The number of benzene rings is 1. The van der Waals surface area contributed by atoms with Gasteiger partial charge in [0.15, 0.2) is 0 Å². The number of aryl methyl sites for hydroxylation is 1. The van der Waals surface area contributed by atoms with Gasteiger partial charge in [-0.3, -0.25) is 0 Å². The molecule has 0 spiro atoms. The topological polar surface area (TPSA) is 105 Å². The Morgan fingerprint density at radius 2 is 1.45 bits per heavy atom. The van der Waals surface area contributed by atoms with Crippen molar-refractivity contribution in [3.63, 3.8) is 0 Å². The molecule has 2 aliphatic rings. The van der Waals surface area contributed by atoms with Crippen LogP contribution < -0.4 is 10.6 Å². The van der Waals surface area contributed by atoms with E-state index in [0.717, 1.165) is 31.2 Å². The van der Waals surface area contributed by atoms with Gasteiger partial charge in [-0.2, -0.15) is 0 Å². The number of hydrogen-bond acceptors (Lipinski definition) is 4. The number of anilines is 2. The van der Waals surface area contributed by atoms with Gasteiger partial charge >= 0.3 is 12.1 Å². The fraction of sp³-hybridized carbons (Fsp3) is 0.619. The van der Waals surface area contributed by atoms with Gasteiger partial charge in [-0.25, -0.2) is 9.59 Å². The van der Waals surface area contributed by atoms with Crippen molar-refractivity contribution >= 4 is 23.4 Å². The molecule has 8 nitrogen and oxygen atoms in total. The number of rotatable bonds is 10. The lowest BCUT2D eigenvalue weighted by Crippen LogP contribution is -2.38. The molecule has 2 fully saturated rings. The van der Waals surface area contributed by atoms with Crippen molar-refractivity contribution in [3.05, 3.63) is 23.8 Å². The van der Waals surface area contributed by atoms with Crippen molar-refractivity contribution in [2.24, 2.45) is 0 Å². The predicted octanol–water partition coefficient (Wildman–Crippen LogP) is 2.75. The Morgan fingerprint density at radius 1 is 0.931 bits per heavy atom. The second-order valence-corrected chi connectivity index (χ2v) is 7.89. The molecule has 29 heavy (non-hydrogen) atoms. The highest BCUT2D eigenvalue weighted by atomic mass is 16.3. The zero-order valence-electron chi connectivity index (χ0n) is 17.1. The van der Waals surface area contributed by atoms with E-state index in [0.29, 0.717) is 37.3 Å². The van der Waals surface area contributed by atoms with Crippen molar-refractivity contribution in [2.75, 3.05) is 36.9 Å². The summed E-state index contributed by atoms with van der Waals surface area (Å²) in [6.45, 7) is 3.09. The highest BCUT2D eigenvalue weighted by molar-refractivity contribution is 5.94. The number of urea groups is 2. The zero-order chi connectivity index (χ0) is 20.8. The summed E-state index contributed by atoms with van der Waals surface area (Å²) in [6.07, 6.45) is 5.11. The lowest BCUT2D eigenvalue weighted by Gasteiger charge is -2.24. The van der Waals surface area contributed by atoms with E-state index >= 15 is 0 Å². The average Bonchev–Trinajstić information content (AvgIpc) is 3.59. The molecule has 4 amide bonds. The first-order valence-corrected chi connectivity index (χ1v) is 10.5. The van der Waals surface area contributed by atoms with Crippen molar-refractivity contribution in [3.8, 4) is 0 Å². The molecule has 2 aliphatic carbocycles. The summed E-state index contributed by atoms with van der Waals surface area (Å²) in [6, 6.07) is 5.63. The molecule has 0 bridgehead atoms. The van der Waals surface area contributed by atoms with E-state index in [2.05, 4.69) is 10.6 Å². The van der Waals surface area contributed by atoms with Crippen LogP contribution in [0.2, 0.25) is 0 Å². The van der Waals surface area contributed by atoms with E-state index in [1.54, 1.807) is 15.9 Å². The number of nitrogens with zero attached hydrogens (tertiary/aromatic N) is 2. The molecule has 0 aliphatic heterocycles. The third-order valence-electron chi connectivity index (χ3n) is 5.34.